The molecule has 0 radical (unpaired) electrons. The van der Waals surface area contributed by atoms with Crippen molar-refractivity contribution < 1.29 is 0 Å². The summed E-state index contributed by atoms with van der Waals surface area (Å²) < 4.78 is 0. The van der Waals surface area contributed by atoms with Crippen LogP contribution in [0.15, 0.2) is 29.2 Å². The number of anilines is 3. The third-order valence-corrected chi connectivity index (χ3v) is 3.36. The molecule has 20 heavy (non-hydrogen) atoms. The van der Waals surface area contributed by atoms with E-state index in [9.17, 15) is 0 Å². The molecular formula is C13H16ClN5S. The van der Waals surface area contributed by atoms with Crippen LogP contribution in [0.25, 0.3) is 0 Å². The van der Waals surface area contributed by atoms with Crippen molar-refractivity contribution >= 4 is 40.9 Å². The molecule has 0 aliphatic heterocycles. The van der Waals surface area contributed by atoms with Gasteiger partial charge < -0.3 is 10.6 Å². The molecule has 106 valence electrons. The van der Waals surface area contributed by atoms with E-state index in [4.69, 9.17) is 11.6 Å². The summed E-state index contributed by atoms with van der Waals surface area (Å²) in [6, 6.07) is 8.01. The van der Waals surface area contributed by atoms with Crippen molar-refractivity contribution in [3.05, 3.63) is 29.5 Å². The van der Waals surface area contributed by atoms with E-state index in [1.54, 1.807) is 11.8 Å². The third-order valence-electron chi connectivity index (χ3n) is 2.47. The van der Waals surface area contributed by atoms with Gasteiger partial charge in [-0.3, -0.25) is 0 Å². The monoisotopic (exact) mass is 309 g/mol. The minimum Gasteiger partial charge on any atom is -0.354 e. The fraction of sp³-hybridized carbons (Fsp3) is 0.308. The second-order valence-electron chi connectivity index (χ2n) is 4.04. The molecule has 2 aromatic rings. The van der Waals surface area contributed by atoms with E-state index in [-0.39, 0.29) is 5.28 Å². The Bertz CT molecular complexity index is 578. The molecule has 0 atom stereocenters. The van der Waals surface area contributed by atoms with Crippen molar-refractivity contribution in [1.82, 2.24) is 15.0 Å². The molecule has 0 fully saturated rings. The van der Waals surface area contributed by atoms with Gasteiger partial charge in [-0.25, -0.2) is 0 Å². The Labute approximate surface area is 127 Å². The zero-order valence-corrected chi connectivity index (χ0v) is 12.9. The number of nitrogens with one attached hydrogen (secondary N) is 2. The summed E-state index contributed by atoms with van der Waals surface area (Å²) in [6.07, 6.45) is 3.02. The zero-order valence-electron chi connectivity index (χ0n) is 11.4. The Kier molecular flexibility index (Phi) is 5.43. The molecule has 2 N–H and O–H groups in total. The Morgan fingerprint density at radius 2 is 2.00 bits per heavy atom. The van der Waals surface area contributed by atoms with Gasteiger partial charge in [-0.15, -0.1) is 11.8 Å². The zero-order chi connectivity index (χ0) is 14.4. The Balaban J connectivity index is 2.17. The van der Waals surface area contributed by atoms with E-state index >= 15 is 0 Å². The lowest BCUT2D eigenvalue weighted by atomic mass is 10.3. The number of nitrogens with zero attached hydrogens (tertiary/aromatic N) is 3. The number of aromatic nitrogens is 3. The number of thioether (sulfide) groups is 1. The lowest BCUT2D eigenvalue weighted by Gasteiger charge is -2.08. The molecule has 5 nitrogen and oxygen atoms in total. The number of rotatable bonds is 6. The van der Waals surface area contributed by atoms with E-state index in [2.05, 4.69) is 32.5 Å². The van der Waals surface area contributed by atoms with Gasteiger partial charge in [-0.2, -0.15) is 15.0 Å². The van der Waals surface area contributed by atoms with Gasteiger partial charge in [-0.1, -0.05) is 13.0 Å². The van der Waals surface area contributed by atoms with E-state index in [0.717, 1.165) is 18.7 Å². The van der Waals surface area contributed by atoms with Gasteiger partial charge >= 0.3 is 0 Å². The maximum Gasteiger partial charge on any atom is 0.233 e. The van der Waals surface area contributed by atoms with E-state index < -0.39 is 0 Å². The molecule has 0 bridgehead atoms. The van der Waals surface area contributed by atoms with E-state index in [0.29, 0.717) is 11.9 Å². The minimum absolute atomic E-state index is 0.169. The van der Waals surface area contributed by atoms with Crippen LogP contribution in [-0.2, 0) is 0 Å². The van der Waals surface area contributed by atoms with Crippen molar-refractivity contribution in [2.45, 2.75) is 18.2 Å². The van der Waals surface area contributed by atoms with Crippen LogP contribution in [0.1, 0.15) is 13.3 Å². The first-order chi connectivity index (χ1) is 9.71. The van der Waals surface area contributed by atoms with Crippen molar-refractivity contribution in [3.8, 4) is 0 Å². The molecule has 7 heteroatoms. The second kappa shape index (κ2) is 7.31. The van der Waals surface area contributed by atoms with E-state index in [1.807, 2.05) is 30.5 Å². The summed E-state index contributed by atoms with van der Waals surface area (Å²) in [7, 11) is 0. The molecule has 0 spiro atoms. The Hall–Kier alpha value is -1.53. The number of hydrogen-bond donors (Lipinski definition) is 2. The summed E-state index contributed by atoms with van der Waals surface area (Å²) in [4.78, 5) is 13.6. The van der Waals surface area contributed by atoms with Gasteiger partial charge in [0.15, 0.2) is 0 Å². The molecular weight excluding hydrogens is 294 g/mol. The minimum atomic E-state index is 0.169. The molecule has 1 heterocycles. The number of hydrogen-bond acceptors (Lipinski definition) is 6. The number of benzene rings is 1. The molecule has 1 aromatic heterocycles. The molecule has 0 aliphatic carbocycles. The van der Waals surface area contributed by atoms with Crippen molar-refractivity contribution in [3.63, 3.8) is 0 Å². The Morgan fingerprint density at radius 3 is 2.75 bits per heavy atom. The van der Waals surface area contributed by atoms with Crippen LogP contribution >= 0.6 is 23.4 Å². The first kappa shape index (κ1) is 14.9. The molecule has 0 unspecified atom stereocenters. The predicted octanol–water partition coefficient (Wildman–Crippen LogP) is 3.81. The highest BCUT2D eigenvalue weighted by atomic mass is 35.5. The summed E-state index contributed by atoms with van der Waals surface area (Å²) in [5.41, 5.74) is 0.917. The summed E-state index contributed by atoms with van der Waals surface area (Å²) in [5, 5.41) is 6.40. The van der Waals surface area contributed by atoms with Crippen LogP contribution in [0.5, 0.6) is 0 Å². The average Bonchev–Trinajstić information content (AvgIpc) is 2.44. The van der Waals surface area contributed by atoms with Gasteiger partial charge in [0, 0.05) is 17.1 Å². The smallest absolute Gasteiger partial charge is 0.233 e. The molecule has 0 saturated heterocycles. The first-order valence-electron chi connectivity index (χ1n) is 6.28. The fourth-order valence-electron chi connectivity index (χ4n) is 1.55. The highest BCUT2D eigenvalue weighted by Crippen LogP contribution is 2.21. The summed E-state index contributed by atoms with van der Waals surface area (Å²) in [6.45, 7) is 2.87. The van der Waals surface area contributed by atoms with Gasteiger partial charge in [0.1, 0.15) is 0 Å². The van der Waals surface area contributed by atoms with Gasteiger partial charge in [-0.05, 0) is 42.5 Å². The van der Waals surface area contributed by atoms with Crippen molar-refractivity contribution in [2.24, 2.45) is 0 Å². The van der Waals surface area contributed by atoms with Gasteiger partial charge in [0.05, 0.1) is 0 Å². The van der Waals surface area contributed by atoms with Crippen LogP contribution in [-0.4, -0.2) is 27.8 Å². The quantitative estimate of drug-likeness (QED) is 0.791. The number of halogens is 1. The predicted molar refractivity (Wildman–Crippen MR) is 85.1 cm³/mol. The molecule has 2 rings (SSSR count). The SMILES string of the molecule is CCCNc1nc(Cl)nc(Nc2cccc(SC)c2)n1. The van der Waals surface area contributed by atoms with E-state index in [1.165, 1.54) is 4.90 Å². The van der Waals surface area contributed by atoms with Crippen molar-refractivity contribution in [1.29, 1.82) is 0 Å². The summed E-state index contributed by atoms with van der Waals surface area (Å²) >= 11 is 7.59. The van der Waals surface area contributed by atoms with Crippen LogP contribution in [0.4, 0.5) is 17.6 Å². The maximum atomic E-state index is 5.91. The third kappa shape index (κ3) is 4.25. The normalized spacial score (nSPS) is 10.3. The largest absolute Gasteiger partial charge is 0.354 e. The molecule has 1 aromatic carbocycles. The van der Waals surface area contributed by atoms with Crippen LogP contribution < -0.4 is 10.6 Å². The highest BCUT2D eigenvalue weighted by molar-refractivity contribution is 7.98. The summed E-state index contributed by atoms with van der Waals surface area (Å²) in [5.74, 6) is 0.914. The van der Waals surface area contributed by atoms with Crippen molar-refractivity contribution in [2.75, 3.05) is 23.4 Å². The lowest BCUT2D eigenvalue weighted by molar-refractivity contribution is 0.940. The topological polar surface area (TPSA) is 62.7 Å². The second-order valence-corrected chi connectivity index (χ2v) is 5.25. The van der Waals surface area contributed by atoms with Crippen LogP contribution in [0.2, 0.25) is 5.28 Å². The maximum absolute atomic E-state index is 5.91. The first-order valence-corrected chi connectivity index (χ1v) is 7.88. The van der Waals surface area contributed by atoms with Gasteiger partial charge in [0.2, 0.25) is 17.2 Å². The molecule has 0 aliphatic rings. The van der Waals surface area contributed by atoms with Crippen LogP contribution in [0.3, 0.4) is 0 Å². The fourth-order valence-corrected chi connectivity index (χ4v) is 2.17. The average molecular weight is 310 g/mol. The molecule has 0 saturated carbocycles. The van der Waals surface area contributed by atoms with Crippen LogP contribution in [0, 0.1) is 0 Å². The van der Waals surface area contributed by atoms with Gasteiger partial charge in [0.25, 0.3) is 0 Å². The highest BCUT2D eigenvalue weighted by Gasteiger charge is 2.05. The lowest BCUT2D eigenvalue weighted by Crippen LogP contribution is -2.07. The molecule has 0 amide bonds. The standard InChI is InChI=1S/C13H16ClN5S/c1-3-7-15-12-17-11(14)18-13(19-12)16-9-5-4-6-10(8-9)20-2/h4-6,8H,3,7H2,1-2H3,(H2,15,16,17,18,19). The Morgan fingerprint density at radius 1 is 1.20 bits per heavy atom.